The molecule has 0 amide bonds. The molecule has 3 nitrogen and oxygen atoms in total. The molecule has 19 heavy (non-hydrogen) atoms. The Labute approximate surface area is 115 Å². The molecule has 3 aliphatic carbocycles. The van der Waals surface area contributed by atoms with Crippen molar-refractivity contribution in [3.05, 3.63) is 24.2 Å². The highest BCUT2D eigenvalue weighted by Crippen LogP contribution is 2.48. The van der Waals surface area contributed by atoms with E-state index in [1.807, 2.05) is 6.07 Å². The van der Waals surface area contributed by atoms with Crippen molar-refractivity contribution < 1.29 is 4.42 Å². The van der Waals surface area contributed by atoms with Crippen LogP contribution in [-0.2, 0) is 6.54 Å². The van der Waals surface area contributed by atoms with Crippen molar-refractivity contribution in [1.29, 1.82) is 0 Å². The summed E-state index contributed by atoms with van der Waals surface area (Å²) in [5.41, 5.74) is 6.46. The highest BCUT2D eigenvalue weighted by atomic mass is 16.3. The summed E-state index contributed by atoms with van der Waals surface area (Å²) in [5, 5.41) is 0. The third-order valence-corrected chi connectivity index (χ3v) is 5.61. The molecular formula is C16H24N2O. The molecule has 0 aromatic carbocycles. The van der Waals surface area contributed by atoms with E-state index >= 15 is 0 Å². The van der Waals surface area contributed by atoms with E-state index < -0.39 is 0 Å². The van der Waals surface area contributed by atoms with E-state index in [1.165, 1.54) is 38.6 Å². The lowest BCUT2D eigenvalue weighted by Crippen LogP contribution is -2.43. The summed E-state index contributed by atoms with van der Waals surface area (Å²) in [6, 6.07) is 5.33. The van der Waals surface area contributed by atoms with Gasteiger partial charge in [-0.05, 0) is 62.0 Å². The molecule has 1 aromatic heterocycles. The summed E-state index contributed by atoms with van der Waals surface area (Å²) < 4.78 is 5.52. The van der Waals surface area contributed by atoms with Gasteiger partial charge >= 0.3 is 0 Å². The van der Waals surface area contributed by atoms with Crippen LogP contribution in [0.4, 0.5) is 0 Å². The first kappa shape index (κ1) is 12.0. The Hall–Kier alpha value is -0.800. The van der Waals surface area contributed by atoms with Crippen LogP contribution in [0.2, 0.25) is 0 Å². The van der Waals surface area contributed by atoms with Crippen LogP contribution < -0.4 is 5.73 Å². The predicted molar refractivity (Wildman–Crippen MR) is 74.4 cm³/mol. The first-order chi connectivity index (χ1) is 9.31. The Morgan fingerprint density at radius 2 is 2.05 bits per heavy atom. The second-order valence-electron chi connectivity index (χ2n) is 6.81. The van der Waals surface area contributed by atoms with Gasteiger partial charge in [0.1, 0.15) is 5.76 Å². The van der Waals surface area contributed by atoms with E-state index in [0.717, 1.165) is 36.1 Å². The van der Waals surface area contributed by atoms with Crippen LogP contribution in [0.25, 0.3) is 0 Å². The van der Waals surface area contributed by atoms with Crippen molar-refractivity contribution in [2.45, 2.75) is 50.7 Å². The predicted octanol–water partition coefficient (Wildman–Crippen LogP) is 2.62. The monoisotopic (exact) mass is 260 g/mol. The van der Waals surface area contributed by atoms with Gasteiger partial charge in [-0.2, -0.15) is 0 Å². The molecule has 4 atom stereocenters. The molecule has 1 aromatic rings. The lowest BCUT2D eigenvalue weighted by atomic mass is 9.84. The largest absolute Gasteiger partial charge is 0.468 e. The molecular weight excluding hydrogens is 236 g/mol. The quantitative estimate of drug-likeness (QED) is 0.885. The fourth-order valence-electron chi connectivity index (χ4n) is 4.38. The van der Waals surface area contributed by atoms with Crippen molar-refractivity contribution in [1.82, 2.24) is 4.90 Å². The molecule has 1 heterocycles. The van der Waals surface area contributed by atoms with Crippen molar-refractivity contribution in [3.63, 3.8) is 0 Å². The second kappa shape index (κ2) is 4.64. The average molecular weight is 260 g/mol. The summed E-state index contributed by atoms with van der Waals surface area (Å²) in [4.78, 5) is 2.63. The minimum absolute atomic E-state index is 0.455. The fourth-order valence-corrected chi connectivity index (χ4v) is 4.38. The molecule has 0 saturated heterocycles. The smallest absolute Gasteiger partial charge is 0.117 e. The molecule has 4 rings (SSSR count). The van der Waals surface area contributed by atoms with E-state index in [2.05, 4.69) is 11.0 Å². The topological polar surface area (TPSA) is 42.4 Å². The summed E-state index contributed by atoms with van der Waals surface area (Å²) in [5.74, 6) is 3.55. The lowest BCUT2D eigenvalue weighted by Gasteiger charge is -2.33. The molecule has 2 N–H and O–H groups in total. The number of hydrogen-bond acceptors (Lipinski definition) is 3. The number of nitrogens with zero attached hydrogens (tertiary/aromatic N) is 1. The Morgan fingerprint density at radius 1 is 1.21 bits per heavy atom. The number of furan rings is 1. The Bertz CT molecular complexity index is 424. The summed E-state index contributed by atoms with van der Waals surface area (Å²) in [7, 11) is 0. The lowest BCUT2D eigenvalue weighted by molar-refractivity contribution is 0.153. The third-order valence-electron chi connectivity index (χ3n) is 5.61. The number of hydrogen-bond donors (Lipinski definition) is 1. The molecule has 104 valence electrons. The highest BCUT2D eigenvalue weighted by molar-refractivity contribution is 5.03. The van der Waals surface area contributed by atoms with Crippen molar-refractivity contribution in [2.75, 3.05) is 6.54 Å². The van der Waals surface area contributed by atoms with Gasteiger partial charge in [0.25, 0.3) is 0 Å². The van der Waals surface area contributed by atoms with E-state index in [1.54, 1.807) is 6.26 Å². The summed E-state index contributed by atoms with van der Waals surface area (Å²) in [6.07, 6.45) is 8.69. The maximum absolute atomic E-state index is 6.46. The van der Waals surface area contributed by atoms with E-state index in [-0.39, 0.29) is 0 Å². The normalized spacial score (nSPS) is 37.4. The Morgan fingerprint density at radius 3 is 2.68 bits per heavy atom. The van der Waals surface area contributed by atoms with E-state index in [9.17, 15) is 0 Å². The average Bonchev–Trinajstić information content (AvgIpc) is 2.86. The van der Waals surface area contributed by atoms with Gasteiger partial charge in [0.15, 0.2) is 0 Å². The SMILES string of the molecule is NC1C2CCC(C2)C1CN(Cc1ccco1)C1CC1. The second-order valence-corrected chi connectivity index (χ2v) is 6.81. The zero-order valence-corrected chi connectivity index (χ0v) is 11.5. The first-order valence-electron chi connectivity index (χ1n) is 7.83. The standard InChI is InChI=1S/C16H24N2O/c17-16-12-4-3-11(8-12)15(16)10-18(13-5-6-13)9-14-2-1-7-19-14/h1-2,7,11-13,15-16H,3-6,8-10,17H2. The molecule has 3 saturated carbocycles. The van der Waals surface area contributed by atoms with Crippen LogP contribution in [-0.4, -0.2) is 23.5 Å². The van der Waals surface area contributed by atoms with E-state index in [4.69, 9.17) is 10.2 Å². The molecule has 3 aliphatic rings. The van der Waals surface area contributed by atoms with Crippen LogP contribution in [0, 0.1) is 17.8 Å². The van der Waals surface area contributed by atoms with Crippen LogP contribution in [0.1, 0.15) is 37.9 Å². The van der Waals surface area contributed by atoms with Crippen LogP contribution in [0.3, 0.4) is 0 Å². The van der Waals surface area contributed by atoms with Gasteiger partial charge in [-0.1, -0.05) is 0 Å². The van der Waals surface area contributed by atoms with Crippen molar-refractivity contribution in [2.24, 2.45) is 23.5 Å². The van der Waals surface area contributed by atoms with Gasteiger partial charge in [0.2, 0.25) is 0 Å². The van der Waals surface area contributed by atoms with Gasteiger partial charge < -0.3 is 10.2 Å². The van der Waals surface area contributed by atoms with Gasteiger partial charge in [-0.15, -0.1) is 0 Å². The molecule has 0 spiro atoms. The number of nitrogens with two attached hydrogens (primary N) is 1. The van der Waals surface area contributed by atoms with Crippen LogP contribution in [0.5, 0.6) is 0 Å². The van der Waals surface area contributed by atoms with Gasteiger partial charge in [-0.25, -0.2) is 0 Å². The Kier molecular flexibility index (Phi) is 2.92. The Balaban J connectivity index is 1.44. The minimum atomic E-state index is 0.455. The van der Waals surface area contributed by atoms with Gasteiger partial charge in [-0.3, -0.25) is 4.90 Å². The van der Waals surface area contributed by atoms with Gasteiger partial charge in [0, 0.05) is 18.6 Å². The maximum atomic E-state index is 6.46. The van der Waals surface area contributed by atoms with Crippen molar-refractivity contribution in [3.8, 4) is 0 Å². The molecule has 0 aliphatic heterocycles. The zero-order chi connectivity index (χ0) is 12.8. The highest BCUT2D eigenvalue weighted by Gasteiger charge is 2.47. The van der Waals surface area contributed by atoms with E-state index in [0.29, 0.717) is 6.04 Å². The maximum Gasteiger partial charge on any atom is 0.117 e. The number of rotatable bonds is 5. The third kappa shape index (κ3) is 2.23. The molecule has 0 radical (unpaired) electrons. The molecule has 3 fully saturated rings. The van der Waals surface area contributed by atoms with Crippen molar-refractivity contribution >= 4 is 0 Å². The van der Waals surface area contributed by atoms with Gasteiger partial charge in [0.05, 0.1) is 12.8 Å². The number of fused-ring (bicyclic) bond motifs is 2. The molecule has 2 bridgehead atoms. The summed E-state index contributed by atoms with van der Waals surface area (Å²) >= 11 is 0. The summed E-state index contributed by atoms with van der Waals surface area (Å²) in [6.45, 7) is 2.16. The molecule has 3 heteroatoms. The van der Waals surface area contributed by atoms with Crippen LogP contribution >= 0.6 is 0 Å². The van der Waals surface area contributed by atoms with Crippen LogP contribution in [0.15, 0.2) is 22.8 Å². The fraction of sp³-hybridized carbons (Fsp3) is 0.750. The minimum Gasteiger partial charge on any atom is -0.468 e. The first-order valence-corrected chi connectivity index (χ1v) is 7.83. The zero-order valence-electron chi connectivity index (χ0n) is 11.5. The molecule has 4 unspecified atom stereocenters.